The highest BCUT2D eigenvalue weighted by Gasteiger charge is 2.36. The Hall–Kier alpha value is -3.35. The van der Waals surface area contributed by atoms with E-state index in [2.05, 4.69) is 5.32 Å². The van der Waals surface area contributed by atoms with Gasteiger partial charge in [-0.25, -0.2) is 0 Å². The fraction of sp³-hybridized carbons (Fsp3) is 0.261. The molecule has 0 spiro atoms. The van der Waals surface area contributed by atoms with Gasteiger partial charge in [-0.2, -0.15) is 0 Å². The molecule has 35 heavy (non-hydrogen) atoms. The van der Waals surface area contributed by atoms with Crippen LogP contribution in [0.3, 0.4) is 0 Å². The average Bonchev–Trinajstić information content (AvgIpc) is 3.11. The lowest BCUT2D eigenvalue weighted by molar-refractivity contribution is -0.384. The molecule has 10 nitrogen and oxygen atoms in total. The predicted octanol–water partition coefficient (Wildman–Crippen LogP) is 3.83. The van der Waals surface area contributed by atoms with Gasteiger partial charge in [0, 0.05) is 29.7 Å². The summed E-state index contributed by atoms with van der Waals surface area (Å²) in [5.41, 5.74) is 1.37. The van der Waals surface area contributed by atoms with Crippen molar-refractivity contribution < 1.29 is 24.0 Å². The molecule has 4 rings (SSSR count). The zero-order valence-electron chi connectivity index (χ0n) is 18.8. The summed E-state index contributed by atoms with van der Waals surface area (Å²) in [5.74, 6) is -1.12. The number of nitro benzene ring substituents is 1. The molecule has 182 valence electrons. The summed E-state index contributed by atoms with van der Waals surface area (Å²) >= 11 is 2.22. The fourth-order valence-electron chi connectivity index (χ4n) is 3.68. The number of ether oxygens (including phenoxy) is 1. The zero-order valence-corrected chi connectivity index (χ0v) is 20.4. The van der Waals surface area contributed by atoms with Crippen LogP contribution in [0.4, 0.5) is 21.9 Å². The zero-order chi connectivity index (χ0) is 24.9. The smallest absolute Gasteiger partial charge is 0.294 e. The monoisotopic (exact) mass is 514 g/mol. The summed E-state index contributed by atoms with van der Waals surface area (Å²) < 4.78 is 5.31. The van der Waals surface area contributed by atoms with Gasteiger partial charge in [0.05, 0.1) is 23.0 Å². The van der Waals surface area contributed by atoms with E-state index in [9.17, 15) is 24.5 Å². The van der Waals surface area contributed by atoms with Gasteiger partial charge < -0.3 is 15.0 Å². The largest absolute Gasteiger partial charge is 0.378 e. The Labute approximate surface area is 209 Å². The van der Waals surface area contributed by atoms with Gasteiger partial charge in [0.1, 0.15) is 12.2 Å². The fourth-order valence-corrected chi connectivity index (χ4v) is 4.98. The lowest BCUT2D eigenvalue weighted by Crippen LogP contribution is -2.36. The summed E-state index contributed by atoms with van der Waals surface area (Å²) in [6.07, 6.45) is 3.35. The van der Waals surface area contributed by atoms with Gasteiger partial charge in [-0.05, 0) is 53.9 Å². The number of nitrogens with zero attached hydrogens (tertiary/aromatic N) is 3. The van der Waals surface area contributed by atoms with E-state index in [1.165, 1.54) is 23.9 Å². The Morgan fingerprint density at radius 3 is 2.71 bits per heavy atom. The van der Waals surface area contributed by atoms with Gasteiger partial charge in [0.2, 0.25) is 5.91 Å². The normalized spacial score (nSPS) is 17.2. The number of rotatable bonds is 7. The van der Waals surface area contributed by atoms with E-state index in [-0.39, 0.29) is 10.6 Å². The van der Waals surface area contributed by atoms with Crippen molar-refractivity contribution in [3.8, 4) is 0 Å². The third-order valence-electron chi connectivity index (χ3n) is 5.37. The number of imide groups is 1. The molecule has 2 aromatic rings. The lowest BCUT2D eigenvalue weighted by atomic mass is 10.1. The summed E-state index contributed by atoms with van der Waals surface area (Å²) in [7, 11) is 0. The number of thioether (sulfide) groups is 2. The van der Waals surface area contributed by atoms with Gasteiger partial charge in [-0.15, -0.1) is 11.8 Å². The van der Waals surface area contributed by atoms with E-state index >= 15 is 0 Å². The van der Waals surface area contributed by atoms with Crippen molar-refractivity contribution in [2.45, 2.75) is 4.90 Å². The second-order valence-electron chi connectivity index (χ2n) is 7.65. The van der Waals surface area contributed by atoms with E-state index in [0.717, 1.165) is 9.80 Å². The maximum absolute atomic E-state index is 12.8. The number of carbonyl (C=O) groups is 3. The number of hydrogen-bond acceptors (Lipinski definition) is 9. The van der Waals surface area contributed by atoms with Gasteiger partial charge in [-0.3, -0.25) is 29.4 Å². The average molecular weight is 515 g/mol. The molecule has 0 aromatic heterocycles. The molecule has 2 fully saturated rings. The van der Waals surface area contributed by atoms with Crippen LogP contribution in [0.15, 0.2) is 52.3 Å². The Morgan fingerprint density at radius 1 is 1.23 bits per heavy atom. The molecule has 0 unspecified atom stereocenters. The Kier molecular flexibility index (Phi) is 7.73. The molecule has 1 N–H and O–H groups in total. The van der Waals surface area contributed by atoms with Crippen LogP contribution in [0.5, 0.6) is 0 Å². The maximum atomic E-state index is 12.8. The van der Waals surface area contributed by atoms with Crippen molar-refractivity contribution in [3.63, 3.8) is 0 Å². The van der Waals surface area contributed by atoms with Crippen molar-refractivity contribution in [3.05, 3.63) is 63.0 Å². The van der Waals surface area contributed by atoms with Gasteiger partial charge in [0.15, 0.2) is 0 Å². The molecular formula is C23H22N4O6S2. The third-order valence-corrected chi connectivity index (χ3v) is 7.01. The van der Waals surface area contributed by atoms with Gasteiger partial charge in [0.25, 0.3) is 16.8 Å². The molecule has 2 aliphatic heterocycles. The summed E-state index contributed by atoms with van der Waals surface area (Å²) in [4.78, 5) is 52.7. The van der Waals surface area contributed by atoms with Crippen molar-refractivity contribution in [2.75, 3.05) is 49.3 Å². The first kappa shape index (κ1) is 24.8. The van der Waals surface area contributed by atoms with E-state index in [1.54, 1.807) is 30.3 Å². The molecule has 2 aliphatic rings. The number of carbonyl (C=O) groups excluding carboxylic acids is 3. The standard InChI is InChI=1S/C23H22N4O6S2/c1-34-17-4-2-3-16(13-17)24-21(28)14-26-22(29)20(35-23(26)30)12-15-5-6-18(19(11-15)27(31)32)25-7-9-33-10-8-25/h2-6,11-13H,7-10,14H2,1H3,(H,24,28)/b20-12-. The SMILES string of the molecule is CSc1cccc(NC(=O)CN2C(=O)S/C(=C\c3ccc(N4CCOCC4)c([N+](=O)[O-])c3)C2=O)c1. The number of anilines is 2. The molecule has 0 aliphatic carbocycles. The summed E-state index contributed by atoms with van der Waals surface area (Å²) in [5, 5.41) is 13.8. The maximum Gasteiger partial charge on any atom is 0.294 e. The lowest BCUT2D eigenvalue weighted by Gasteiger charge is -2.28. The highest BCUT2D eigenvalue weighted by molar-refractivity contribution is 8.18. The number of morpholine rings is 1. The van der Waals surface area contributed by atoms with E-state index < -0.39 is 28.5 Å². The van der Waals surface area contributed by atoms with Crippen molar-refractivity contribution in [2.24, 2.45) is 0 Å². The van der Waals surface area contributed by atoms with Gasteiger partial charge in [-0.1, -0.05) is 12.1 Å². The highest BCUT2D eigenvalue weighted by atomic mass is 32.2. The van der Waals surface area contributed by atoms with Crippen LogP contribution in [-0.4, -0.2) is 66.0 Å². The van der Waals surface area contributed by atoms with Crippen LogP contribution in [0, 0.1) is 10.1 Å². The minimum absolute atomic E-state index is 0.0910. The molecule has 2 saturated heterocycles. The Morgan fingerprint density at radius 2 is 2.00 bits per heavy atom. The molecule has 2 aromatic carbocycles. The first-order valence-corrected chi connectivity index (χ1v) is 12.7. The molecule has 0 saturated carbocycles. The highest BCUT2D eigenvalue weighted by Crippen LogP contribution is 2.35. The van der Waals surface area contributed by atoms with Crippen LogP contribution in [0.1, 0.15) is 5.56 Å². The molecule has 0 atom stereocenters. The number of benzene rings is 2. The molecule has 0 radical (unpaired) electrons. The van der Waals surface area contributed by atoms with E-state index in [0.29, 0.717) is 55.0 Å². The van der Waals surface area contributed by atoms with Crippen molar-refractivity contribution >= 4 is 63.7 Å². The third kappa shape index (κ3) is 5.84. The minimum Gasteiger partial charge on any atom is -0.378 e. The number of nitrogens with one attached hydrogen (secondary N) is 1. The predicted molar refractivity (Wildman–Crippen MR) is 136 cm³/mol. The van der Waals surface area contributed by atoms with Crippen LogP contribution < -0.4 is 10.2 Å². The first-order chi connectivity index (χ1) is 16.9. The summed E-state index contributed by atoms with van der Waals surface area (Å²) in [6, 6.07) is 11.9. The van der Waals surface area contributed by atoms with Gasteiger partial charge >= 0.3 is 0 Å². The Bertz CT molecular complexity index is 1210. The van der Waals surface area contributed by atoms with Crippen LogP contribution in [0.25, 0.3) is 6.08 Å². The van der Waals surface area contributed by atoms with Crippen molar-refractivity contribution in [1.29, 1.82) is 0 Å². The molecule has 2 heterocycles. The topological polar surface area (TPSA) is 122 Å². The van der Waals surface area contributed by atoms with E-state index in [1.807, 2.05) is 17.2 Å². The quantitative estimate of drug-likeness (QED) is 0.254. The molecule has 3 amide bonds. The van der Waals surface area contributed by atoms with Crippen LogP contribution in [-0.2, 0) is 14.3 Å². The Balaban J connectivity index is 1.48. The molecule has 0 bridgehead atoms. The molecular weight excluding hydrogens is 492 g/mol. The van der Waals surface area contributed by atoms with Crippen molar-refractivity contribution in [1.82, 2.24) is 4.90 Å². The second kappa shape index (κ2) is 10.9. The van der Waals surface area contributed by atoms with E-state index in [4.69, 9.17) is 4.74 Å². The molecule has 12 heteroatoms. The summed E-state index contributed by atoms with van der Waals surface area (Å²) in [6.45, 7) is 1.64. The minimum atomic E-state index is -0.618. The number of nitro groups is 1. The number of amides is 3. The number of hydrogen-bond donors (Lipinski definition) is 1. The first-order valence-electron chi connectivity index (χ1n) is 10.7. The van der Waals surface area contributed by atoms with Crippen LogP contribution >= 0.6 is 23.5 Å². The second-order valence-corrected chi connectivity index (χ2v) is 9.53. The van der Waals surface area contributed by atoms with Crippen LogP contribution in [0.2, 0.25) is 0 Å².